The number of fused-ring (bicyclic) bond motifs is 1. The monoisotopic (exact) mass is 273 g/mol. The number of aryl methyl sites for hydroxylation is 1. The standard InChI is InChI=1S/C18H27NO/c1-18(10-4-3-5-11-18)17(19-2)15-8-9-16-14(13-15)7-6-12-20-16/h8-9,13,17,19H,3-7,10-12H2,1-2H3. The van der Waals surface area contributed by atoms with E-state index in [-0.39, 0.29) is 0 Å². The van der Waals surface area contributed by atoms with Crippen molar-refractivity contribution < 1.29 is 4.74 Å². The van der Waals surface area contributed by atoms with Crippen LogP contribution in [0.3, 0.4) is 0 Å². The summed E-state index contributed by atoms with van der Waals surface area (Å²) < 4.78 is 5.74. The lowest BCUT2D eigenvalue weighted by atomic mass is 9.68. The first-order valence-corrected chi connectivity index (χ1v) is 8.16. The van der Waals surface area contributed by atoms with Gasteiger partial charge in [0.15, 0.2) is 0 Å². The van der Waals surface area contributed by atoms with Gasteiger partial charge in [-0.1, -0.05) is 38.3 Å². The highest BCUT2D eigenvalue weighted by atomic mass is 16.5. The van der Waals surface area contributed by atoms with Gasteiger partial charge >= 0.3 is 0 Å². The Morgan fingerprint density at radius 2 is 1.95 bits per heavy atom. The predicted molar refractivity (Wildman–Crippen MR) is 83.3 cm³/mol. The first kappa shape index (κ1) is 13.9. The molecule has 2 nitrogen and oxygen atoms in total. The van der Waals surface area contributed by atoms with Crippen LogP contribution in [-0.4, -0.2) is 13.7 Å². The van der Waals surface area contributed by atoms with Crippen LogP contribution in [0.15, 0.2) is 18.2 Å². The quantitative estimate of drug-likeness (QED) is 0.889. The smallest absolute Gasteiger partial charge is 0.122 e. The zero-order valence-corrected chi connectivity index (χ0v) is 12.9. The Bertz CT molecular complexity index is 462. The summed E-state index contributed by atoms with van der Waals surface area (Å²) in [5.41, 5.74) is 3.24. The van der Waals surface area contributed by atoms with Gasteiger partial charge < -0.3 is 10.1 Å². The Labute approximate surface area is 122 Å². The van der Waals surface area contributed by atoms with Crippen LogP contribution in [0.4, 0.5) is 0 Å². The van der Waals surface area contributed by atoms with E-state index in [0.29, 0.717) is 11.5 Å². The minimum absolute atomic E-state index is 0.400. The Morgan fingerprint density at radius 3 is 2.70 bits per heavy atom. The molecule has 0 spiro atoms. The van der Waals surface area contributed by atoms with Crippen LogP contribution >= 0.6 is 0 Å². The Morgan fingerprint density at radius 1 is 1.15 bits per heavy atom. The molecule has 20 heavy (non-hydrogen) atoms. The van der Waals surface area contributed by atoms with Gasteiger partial charge in [0, 0.05) is 6.04 Å². The van der Waals surface area contributed by atoms with E-state index in [4.69, 9.17) is 4.74 Å². The minimum atomic E-state index is 0.400. The third-order valence-corrected chi connectivity index (χ3v) is 5.25. The van der Waals surface area contributed by atoms with Crippen molar-refractivity contribution in [1.29, 1.82) is 0 Å². The normalized spacial score (nSPS) is 22.7. The number of nitrogens with one attached hydrogen (secondary N) is 1. The topological polar surface area (TPSA) is 21.3 Å². The molecule has 1 fully saturated rings. The maximum absolute atomic E-state index is 5.74. The van der Waals surface area contributed by atoms with E-state index in [1.807, 2.05) is 0 Å². The molecule has 0 radical (unpaired) electrons. The molecule has 1 aromatic carbocycles. The number of benzene rings is 1. The minimum Gasteiger partial charge on any atom is -0.493 e. The number of ether oxygens (including phenoxy) is 1. The summed E-state index contributed by atoms with van der Waals surface area (Å²) >= 11 is 0. The largest absolute Gasteiger partial charge is 0.493 e. The summed E-state index contributed by atoms with van der Waals surface area (Å²) in [5, 5.41) is 3.59. The number of hydrogen-bond donors (Lipinski definition) is 1. The highest BCUT2D eigenvalue weighted by Crippen LogP contribution is 2.46. The molecule has 1 saturated carbocycles. The first-order valence-electron chi connectivity index (χ1n) is 8.16. The van der Waals surface area contributed by atoms with E-state index in [0.717, 1.165) is 25.2 Å². The average Bonchev–Trinajstić information content (AvgIpc) is 2.48. The van der Waals surface area contributed by atoms with E-state index in [1.165, 1.54) is 43.2 Å². The summed E-state index contributed by atoms with van der Waals surface area (Å²) in [6.07, 6.45) is 9.15. The molecule has 1 aliphatic carbocycles. The van der Waals surface area contributed by atoms with Gasteiger partial charge in [0.1, 0.15) is 5.75 Å². The fraction of sp³-hybridized carbons (Fsp3) is 0.667. The van der Waals surface area contributed by atoms with Gasteiger partial charge in [-0.2, -0.15) is 0 Å². The number of rotatable bonds is 3. The molecule has 1 aromatic rings. The molecule has 110 valence electrons. The molecular formula is C18H27NO. The molecular weight excluding hydrogens is 246 g/mol. The van der Waals surface area contributed by atoms with E-state index >= 15 is 0 Å². The summed E-state index contributed by atoms with van der Waals surface area (Å²) in [5.74, 6) is 1.10. The van der Waals surface area contributed by atoms with Gasteiger partial charge in [-0.25, -0.2) is 0 Å². The van der Waals surface area contributed by atoms with Gasteiger partial charge in [-0.3, -0.25) is 0 Å². The molecule has 1 heterocycles. The van der Waals surface area contributed by atoms with Crippen LogP contribution < -0.4 is 10.1 Å². The molecule has 1 N–H and O–H groups in total. The van der Waals surface area contributed by atoms with Crippen LogP contribution in [0.1, 0.15) is 62.6 Å². The highest BCUT2D eigenvalue weighted by molar-refractivity contribution is 5.40. The van der Waals surface area contributed by atoms with Crippen LogP contribution in [0.2, 0.25) is 0 Å². The van der Waals surface area contributed by atoms with Crippen molar-refractivity contribution in [3.8, 4) is 5.75 Å². The maximum atomic E-state index is 5.74. The Hall–Kier alpha value is -1.02. The molecule has 1 atom stereocenters. The molecule has 1 aliphatic heterocycles. The van der Waals surface area contributed by atoms with Gasteiger partial charge in [0.2, 0.25) is 0 Å². The van der Waals surface area contributed by atoms with Crippen molar-refractivity contribution in [3.63, 3.8) is 0 Å². The summed E-state index contributed by atoms with van der Waals surface area (Å²) in [6, 6.07) is 7.30. The first-order chi connectivity index (χ1) is 9.73. The SMILES string of the molecule is CNC(c1ccc2c(c1)CCCO2)C1(C)CCCCC1. The zero-order chi connectivity index (χ0) is 14.0. The van der Waals surface area contributed by atoms with E-state index < -0.39 is 0 Å². The van der Waals surface area contributed by atoms with Gasteiger partial charge in [-0.15, -0.1) is 0 Å². The summed E-state index contributed by atoms with van der Waals surface area (Å²) in [7, 11) is 2.11. The predicted octanol–water partition coefficient (Wildman–Crippen LogP) is 4.24. The summed E-state index contributed by atoms with van der Waals surface area (Å²) in [4.78, 5) is 0. The van der Waals surface area contributed by atoms with Gasteiger partial charge in [-0.05, 0) is 55.3 Å². The van der Waals surface area contributed by atoms with Crippen LogP contribution in [0.5, 0.6) is 5.75 Å². The van der Waals surface area contributed by atoms with Gasteiger partial charge in [0.25, 0.3) is 0 Å². The molecule has 3 rings (SSSR count). The van der Waals surface area contributed by atoms with Crippen molar-refractivity contribution in [3.05, 3.63) is 29.3 Å². The average molecular weight is 273 g/mol. The molecule has 0 bridgehead atoms. The Balaban J connectivity index is 1.88. The van der Waals surface area contributed by atoms with Gasteiger partial charge in [0.05, 0.1) is 6.61 Å². The van der Waals surface area contributed by atoms with E-state index in [9.17, 15) is 0 Å². The van der Waals surface area contributed by atoms with Crippen LogP contribution in [0, 0.1) is 5.41 Å². The second-order valence-corrected chi connectivity index (χ2v) is 6.76. The van der Waals surface area contributed by atoms with Crippen molar-refractivity contribution in [2.45, 2.75) is 57.9 Å². The molecule has 0 amide bonds. The lowest BCUT2D eigenvalue weighted by molar-refractivity contribution is 0.150. The molecule has 2 heteroatoms. The van der Waals surface area contributed by atoms with Crippen molar-refractivity contribution in [2.75, 3.05) is 13.7 Å². The molecule has 0 saturated heterocycles. The maximum Gasteiger partial charge on any atom is 0.122 e. The molecule has 1 unspecified atom stereocenters. The van der Waals surface area contributed by atoms with E-state index in [2.05, 4.69) is 37.5 Å². The highest BCUT2D eigenvalue weighted by Gasteiger charge is 2.35. The lowest BCUT2D eigenvalue weighted by Crippen LogP contribution is -2.36. The summed E-state index contributed by atoms with van der Waals surface area (Å²) in [6.45, 7) is 3.34. The van der Waals surface area contributed by atoms with E-state index in [1.54, 1.807) is 0 Å². The fourth-order valence-electron chi connectivity index (χ4n) is 4.13. The van der Waals surface area contributed by atoms with Crippen molar-refractivity contribution in [1.82, 2.24) is 5.32 Å². The van der Waals surface area contributed by atoms with Crippen molar-refractivity contribution in [2.24, 2.45) is 5.41 Å². The molecule has 0 aromatic heterocycles. The lowest BCUT2D eigenvalue weighted by Gasteiger charge is -2.41. The second kappa shape index (κ2) is 5.77. The fourth-order valence-corrected chi connectivity index (χ4v) is 4.13. The third kappa shape index (κ3) is 2.58. The second-order valence-electron chi connectivity index (χ2n) is 6.76. The molecule has 2 aliphatic rings. The zero-order valence-electron chi connectivity index (χ0n) is 12.9. The third-order valence-electron chi connectivity index (χ3n) is 5.25. The number of hydrogen-bond acceptors (Lipinski definition) is 2. The Kier molecular flexibility index (Phi) is 4.02. The van der Waals surface area contributed by atoms with Crippen LogP contribution in [-0.2, 0) is 6.42 Å². The van der Waals surface area contributed by atoms with Crippen LogP contribution in [0.25, 0.3) is 0 Å². The van der Waals surface area contributed by atoms with Crippen molar-refractivity contribution >= 4 is 0 Å².